The number of carboxylic acid groups (broad SMARTS) is 1. The molecule has 96 valence electrons. The maximum Gasteiger partial charge on any atom is 0.303 e. The molecule has 0 saturated carbocycles. The van der Waals surface area contributed by atoms with E-state index in [0.29, 0.717) is 18.7 Å². The zero-order valence-corrected chi connectivity index (χ0v) is 10.1. The number of aryl methyl sites for hydroxylation is 1. The Morgan fingerprint density at radius 1 is 1.50 bits per heavy atom. The molecule has 0 atom stereocenters. The van der Waals surface area contributed by atoms with E-state index in [4.69, 9.17) is 5.11 Å². The third kappa shape index (κ3) is 2.93. The van der Waals surface area contributed by atoms with Crippen LogP contribution in [0.3, 0.4) is 0 Å². The van der Waals surface area contributed by atoms with Crippen molar-refractivity contribution in [2.45, 2.75) is 26.2 Å². The van der Waals surface area contributed by atoms with Crippen LogP contribution in [0.4, 0.5) is 5.82 Å². The maximum absolute atomic E-state index is 10.4. The van der Waals surface area contributed by atoms with Gasteiger partial charge in [-0.05, 0) is 19.8 Å². The van der Waals surface area contributed by atoms with E-state index < -0.39 is 5.97 Å². The Bertz CT molecular complexity index is 551. The van der Waals surface area contributed by atoms with Gasteiger partial charge in [0.1, 0.15) is 12.1 Å². The minimum absolute atomic E-state index is 0.204. The SMILES string of the molecule is Cc1cc(NCCCCC(=O)O)n2ncnc2n1. The number of rotatable bonds is 6. The highest BCUT2D eigenvalue weighted by atomic mass is 16.4. The lowest BCUT2D eigenvalue weighted by Gasteiger charge is -2.07. The van der Waals surface area contributed by atoms with Crippen molar-refractivity contribution < 1.29 is 9.90 Å². The first-order valence-corrected chi connectivity index (χ1v) is 5.80. The lowest BCUT2D eigenvalue weighted by molar-refractivity contribution is -0.137. The number of unbranched alkanes of at least 4 members (excludes halogenated alkanes) is 1. The first-order chi connectivity index (χ1) is 8.66. The second kappa shape index (κ2) is 5.44. The Hall–Kier alpha value is -2.18. The highest BCUT2D eigenvalue weighted by molar-refractivity contribution is 5.66. The Labute approximate surface area is 104 Å². The number of hydrogen-bond donors (Lipinski definition) is 2. The number of fused-ring (bicyclic) bond motifs is 1. The molecule has 2 heterocycles. The zero-order valence-electron chi connectivity index (χ0n) is 10.1. The molecular formula is C11H15N5O2. The largest absolute Gasteiger partial charge is 0.481 e. The maximum atomic E-state index is 10.4. The standard InChI is InChI=1S/C11H15N5O2/c1-8-6-9(12-5-3-2-4-10(17)18)16-11(15-8)13-7-14-16/h6-7,12H,2-5H2,1H3,(H,17,18). The summed E-state index contributed by atoms with van der Waals surface area (Å²) in [6.07, 6.45) is 3.12. The number of carbonyl (C=O) groups is 1. The van der Waals surface area contributed by atoms with Crippen molar-refractivity contribution in [3.8, 4) is 0 Å². The van der Waals surface area contributed by atoms with E-state index in [2.05, 4.69) is 20.4 Å². The highest BCUT2D eigenvalue weighted by Gasteiger charge is 2.04. The van der Waals surface area contributed by atoms with Crippen LogP contribution in [0.25, 0.3) is 5.78 Å². The summed E-state index contributed by atoms with van der Waals surface area (Å²) in [5.41, 5.74) is 0.864. The second-order valence-electron chi connectivity index (χ2n) is 4.03. The van der Waals surface area contributed by atoms with Gasteiger partial charge in [0, 0.05) is 24.7 Å². The molecule has 2 aromatic heterocycles. The first kappa shape index (κ1) is 12.3. The number of aliphatic carboxylic acids is 1. The number of aromatic nitrogens is 4. The summed E-state index contributed by atoms with van der Waals surface area (Å²) in [6.45, 7) is 2.59. The summed E-state index contributed by atoms with van der Waals surface area (Å²) in [5, 5.41) is 15.8. The van der Waals surface area contributed by atoms with Gasteiger partial charge in [-0.15, -0.1) is 0 Å². The molecular weight excluding hydrogens is 234 g/mol. The summed E-state index contributed by atoms with van der Waals surface area (Å²) >= 11 is 0. The van der Waals surface area contributed by atoms with Gasteiger partial charge in [-0.25, -0.2) is 4.98 Å². The van der Waals surface area contributed by atoms with E-state index in [0.717, 1.165) is 17.9 Å². The van der Waals surface area contributed by atoms with Gasteiger partial charge in [-0.1, -0.05) is 0 Å². The third-order valence-electron chi connectivity index (χ3n) is 2.50. The molecule has 0 spiro atoms. The second-order valence-corrected chi connectivity index (χ2v) is 4.03. The molecule has 0 bridgehead atoms. The van der Waals surface area contributed by atoms with E-state index in [9.17, 15) is 4.79 Å². The average molecular weight is 249 g/mol. The lowest BCUT2D eigenvalue weighted by Crippen LogP contribution is -2.08. The number of anilines is 1. The van der Waals surface area contributed by atoms with Crippen LogP contribution < -0.4 is 5.32 Å². The molecule has 0 saturated heterocycles. The van der Waals surface area contributed by atoms with Crippen LogP contribution in [0.2, 0.25) is 0 Å². The minimum Gasteiger partial charge on any atom is -0.481 e. The summed E-state index contributed by atoms with van der Waals surface area (Å²) in [5.74, 6) is 0.627. The molecule has 2 rings (SSSR count). The monoisotopic (exact) mass is 249 g/mol. The van der Waals surface area contributed by atoms with E-state index >= 15 is 0 Å². The van der Waals surface area contributed by atoms with E-state index in [1.807, 2.05) is 13.0 Å². The van der Waals surface area contributed by atoms with Crippen molar-refractivity contribution in [3.05, 3.63) is 18.1 Å². The van der Waals surface area contributed by atoms with E-state index in [-0.39, 0.29) is 6.42 Å². The normalized spacial score (nSPS) is 10.7. The highest BCUT2D eigenvalue weighted by Crippen LogP contribution is 2.10. The molecule has 2 aromatic rings. The van der Waals surface area contributed by atoms with Crippen LogP contribution in [-0.2, 0) is 4.79 Å². The van der Waals surface area contributed by atoms with Gasteiger partial charge in [0.2, 0.25) is 0 Å². The number of nitrogens with one attached hydrogen (secondary N) is 1. The van der Waals surface area contributed by atoms with Crippen LogP contribution in [0.1, 0.15) is 25.0 Å². The van der Waals surface area contributed by atoms with Crippen LogP contribution in [0.15, 0.2) is 12.4 Å². The Morgan fingerprint density at radius 2 is 2.33 bits per heavy atom. The van der Waals surface area contributed by atoms with Gasteiger partial charge in [-0.2, -0.15) is 14.6 Å². The third-order valence-corrected chi connectivity index (χ3v) is 2.50. The van der Waals surface area contributed by atoms with E-state index in [1.165, 1.54) is 6.33 Å². The fourth-order valence-corrected chi connectivity index (χ4v) is 1.67. The predicted molar refractivity (Wildman–Crippen MR) is 65.5 cm³/mol. The number of carboxylic acids is 1. The summed E-state index contributed by atoms with van der Waals surface area (Å²) < 4.78 is 1.63. The van der Waals surface area contributed by atoms with Crippen molar-refractivity contribution in [3.63, 3.8) is 0 Å². The summed E-state index contributed by atoms with van der Waals surface area (Å²) in [4.78, 5) is 18.6. The first-order valence-electron chi connectivity index (χ1n) is 5.80. The predicted octanol–water partition coefficient (Wildman–Crippen LogP) is 1.10. The Kier molecular flexibility index (Phi) is 3.71. The molecule has 0 fully saturated rings. The Morgan fingerprint density at radius 3 is 3.11 bits per heavy atom. The quantitative estimate of drug-likeness (QED) is 0.745. The molecule has 18 heavy (non-hydrogen) atoms. The lowest BCUT2D eigenvalue weighted by atomic mass is 10.2. The summed E-state index contributed by atoms with van der Waals surface area (Å²) in [6, 6.07) is 1.89. The average Bonchev–Trinajstić information content (AvgIpc) is 2.75. The molecule has 0 unspecified atom stereocenters. The zero-order chi connectivity index (χ0) is 13.0. The van der Waals surface area contributed by atoms with Gasteiger partial charge < -0.3 is 10.4 Å². The van der Waals surface area contributed by atoms with Crippen LogP contribution in [0, 0.1) is 6.92 Å². The minimum atomic E-state index is -0.756. The molecule has 7 heteroatoms. The molecule has 0 aliphatic heterocycles. The topological polar surface area (TPSA) is 92.4 Å². The van der Waals surface area contributed by atoms with Gasteiger partial charge in [0.15, 0.2) is 0 Å². The van der Waals surface area contributed by atoms with Crippen molar-refractivity contribution in [1.82, 2.24) is 19.6 Å². The van der Waals surface area contributed by atoms with Crippen molar-refractivity contribution in [2.75, 3.05) is 11.9 Å². The number of hydrogen-bond acceptors (Lipinski definition) is 5. The van der Waals surface area contributed by atoms with Crippen molar-refractivity contribution >= 4 is 17.6 Å². The van der Waals surface area contributed by atoms with Gasteiger partial charge in [0.25, 0.3) is 5.78 Å². The van der Waals surface area contributed by atoms with Gasteiger partial charge in [-0.3, -0.25) is 4.79 Å². The van der Waals surface area contributed by atoms with Crippen LogP contribution in [-0.4, -0.2) is 37.2 Å². The molecule has 0 aliphatic carbocycles. The van der Waals surface area contributed by atoms with Gasteiger partial charge in [0.05, 0.1) is 0 Å². The van der Waals surface area contributed by atoms with Gasteiger partial charge >= 0.3 is 5.97 Å². The number of nitrogens with zero attached hydrogens (tertiary/aromatic N) is 4. The molecule has 0 aliphatic rings. The molecule has 0 aromatic carbocycles. The fourth-order valence-electron chi connectivity index (χ4n) is 1.67. The Balaban J connectivity index is 1.94. The van der Waals surface area contributed by atoms with Crippen LogP contribution >= 0.6 is 0 Å². The van der Waals surface area contributed by atoms with Crippen molar-refractivity contribution in [2.24, 2.45) is 0 Å². The molecule has 2 N–H and O–H groups in total. The molecule has 0 radical (unpaired) electrons. The summed E-state index contributed by atoms with van der Waals surface area (Å²) in [7, 11) is 0. The van der Waals surface area contributed by atoms with Crippen molar-refractivity contribution in [1.29, 1.82) is 0 Å². The molecule has 0 amide bonds. The fraction of sp³-hybridized carbons (Fsp3) is 0.455. The molecule has 7 nitrogen and oxygen atoms in total. The van der Waals surface area contributed by atoms with E-state index in [1.54, 1.807) is 4.52 Å². The van der Waals surface area contributed by atoms with Crippen LogP contribution in [0.5, 0.6) is 0 Å². The smallest absolute Gasteiger partial charge is 0.303 e.